The molecule has 1 aromatic carbocycles. The molecule has 1 amide bonds. The molecule has 1 fully saturated rings. The molecule has 2 rings (SSSR count). The number of ether oxygens (including phenoxy) is 1. The number of amides is 1. The van der Waals surface area contributed by atoms with Crippen LogP contribution in [0.5, 0.6) is 0 Å². The monoisotopic (exact) mass is 368 g/mol. The molecule has 1 aliphatic heterocycles. The van der Waals surface area contributed by atoms with Crippen molar-refractivity contribution in [2.24, 2.45) is 0 Å². The van der Waals surface area contributed by atoms with Gasteiger partial charge in [-0.1, -0.05) is 6.07 Å². The van der Waals surface area contributed by atoms with Crippen LogP contribution in [0.25, 0.3) is 0 Å². The molecule has 2 N–H and O–H groups in total. The van der Waals surface area contributed by atoms with Gasteiger partial charge < -0.3 is 20.3 Å². The van der Waals surface area contributed by atoms with Crippen molar-refractivity contribution < 1.29 is 18.8 Å². The highest BCUT2D eigenvalue weighted by atomic mass is 19.1. The number of nitro groups is 1. The van der Waals surface area contributed by atoms with E-state index in [-0.39, 0.29) is 18.7 Å². The second kappa shape index (κ2) is 7.76. The minimum absolute atomic E-state index is 0.0809. The normalized spacial score (nSPS) is 20.4. The molecule has 8 nitrogen and oxygen atoms in total. The molecule has 2 atom stereocenters. The highest BCUT2D eigenvalue weighted by molar-refractivity contribution is 5.79. The van der Waals surface area contributed by atoms with Crippen molar-refractivity contribution in [2.75, 3.05) is 30.4 Å². The van der Waals surface area contributed by atoms with E-state index in [1.807, 2.05) is 0 Å². The summed E-state index contributed by atoms with van der Waals surface area (Å²) >= 11 is 0. The average Bonchev–Trinajstić information content (AvgIpc) is 2.51. The molecule has 26 heavy (non-hydrogen) atoms. The molecule has 1 saturated heterocycles. The third-order valence-electron chi connectivity index (χ3n) is 3.93. The van der Waals surface area contributed by atoms with Crippen LogP contribution in [0.4, 0.5) is 26.2 Å². The number of hydrogen-bond donors (Lipinski definition) is 2. The van der Waals surface area contributed by atoms with Crippen molar-refractivity contribution >= 4 is 23.2 Å². The highest BCUT2D eigenvalue weighted by Gasteiger charge is 2.32. The van der Waals surface area contributed by atoms with Crippen LogP contribution in [-0.2, 0) is 4.74 Å². The number of para-hydroxylation sites is 1. The van der Waals surface area contributed by atoms with Crippen LogP contribution in [0.3, 0.4) is 0 Å². The smallest absolute Gasteiger partial charge is 0.407 e. The van der Waals surface area contributed by atoms with E-state index in [0.717, 1.165) is 0 Å². The third-order valence-corrected chi connectivity index (χ3v) is 3.93. The first kappa shape index (κ1) is 19.7. The number of nitro benzene ring substituents is 1. The Morgan fingerprint density at radius 3 is 2.65 bits per heavy atom. The maximum atomic E-state index is 14.3. The second-order valence-electron chi connectivity index (χ2n) is 7.26. The van der Waals surface area contributed by atoms with Crippen LogP contribution >= 0.6 is 0 Å². The topological polar surface area (TPSA) is 96.7 Å². The molecule has 1 heterocycles. The first-order valence-electron chi connectivity index (χ1n) is 8.44. The SMILES string of the molecule is CNc1c(N2C[C@@H](F)C[C@H](NC(=O)OC(C)(C)C)C2)cccc1[N+](=O)[O-]. The Labute approximate surface area is 151 Å². The number of alkyl carbamates (subject to hydrolysis) is 1. The van der Waals surface area contributed by atoms with Crippen molar-refractivity contribution in [3.63, 3.8) is 0 Å². The molecule has 0 radical (unpaired) electrons. The lowest BCUT2D eigenvalue weighted by Gasteiger charge is -2.37. The van der Waals surface area contributed by atoms with Gasteiger partial charge in [-0.25, -0.2) is 9.18 Å². The number of carbonyl (C=O) groups excluding carboxylic acids is 1. The first-order valence-corrected chi connectivity index (χ1v) is 8.44. The molecule has 0 spiro atoms. The van der Waals surface area contributed by atoms with Crippen LogP contribution in [0, 0.1) is 10.1 Å². The first-order chi connectivity index (χ1) is 12.1. The summed E-state index contributed by atoms with van der Waals surface area (Å²) in [6, 6.07) is 4.19. The van der Waals surface area contributed by atoms with Crippen molar-refractivity contribution in [3.8, 4) is 0 Å². The number of rotatable bonds is 4. The fourth-order valence-electron chi connectivity index (χ4n) is 3.01. The maximum Gasteiger partial charge on any atom is 0.407 e. The van der Waals surface area contributed by atoms with E-state index in [0.29, 0.717) is 17.9 Å². The van der Waals surface area contributed by atoms with Gasteiger partial charge in [-0.15, -0.1) is 0 Å². The van der Waals surface area contributed by atoms with Gasteiger partial charge in [0.1, 0.15) is 17.5 Å². The van der Waals surface area contributed by atoms with Crippen molar-refractivity contribution in [3.05, 3.63) is 28.3 Å². The zero-order valence-corrected chi connectivity index (χ0v) is 15.4. The van der Waals surface area contributed by atoms with E-state index < -0.39 is 28.8 Å². The van der Waals surface area contributed by atoms with E-state index in [1.165, 1.54) is 6.07 Å². The lowest BCUT2D eigenvalue weighted by atomic mass is 10.0. The van der Waals surface area contributed by atoms with Crippen molar-refractivity contribution in [1.82, 2.24) is 5.32 Å². The molecule has 0 unspecified atom stereocenters. The fraction of sp³-hybridized carbons (Fsp3) is 0.588. The molecular formula is C17H25FN4O4. The molecule has 9 heteroatoms. The van der Waals surface area contributed by atoms with Gasteiger partial charge in [0, 0.05) is 32.6 Å². The number of nitrogens with zero attached hydrogens (tertiary/aromatic N) is 2. The predicted molar refractivity (Wildman–Crippen MR) is 97.5 cm³/mol. The van der Waals surface area contributed by atoms with E-state index in [1.54, 1.807) is 44.9 Å². The maximum absolute atomic E-state index is 14.3. The minimum atomic E-state index is -1.17. The Morgan fingerprint density at radius 2 is 2.08 bits per heavy atom. The van der Waals surface area contributed by atoms with Gasteiger partial charge in [0.15, 0.2) is 0 Å². The average molecular weight is 368 g/mol. The standard InChI is InChI=1S/C17H25FN4O4/c1-17(2,3)26-16(23)20-12-8-11(18)9-21(10-12)13-6-5-7-14(22(24)25)15(13)19-4/h5-7,11-12,19H,8-10H2,1-4H3,(H,20,23)/t11-,12-/m0/s1. The number of halogens is 1. The minimum Gasteiger partial charge on any atom is -0.444 e. The van der Waals surface area contributed by atoms with Gasteiger partial charge in [0.25, 0.3) is 5.69 Å². The van der Waals surface area contributed by atoms with Crippen LogP contribution < -0.4 is 15.5 Å². The van der Waals surface area contributed by atoms with Gasteiger partial charge in [-0.3, -0.25) is 10.1 Å². The molecule has 144 valence electrons. The summed E-state index contributed by atoms with van der Waals surface area (Å²) in [5.74, 6) is 0. The summed E-state index contributed by atoms with van der Waals surface area (Å²) in [7, 11) is 1.58. The number of nitrogens with one attached hydrogen (secondary N) is 2. The molecular weight excluding hydrogens is 343 g/mol. The fourth-order valence-corrected chi connectivity index (χ4v) is 3.01. The zero-order valence-electron chi connectivity index (χ0n) is 15.4. The Balaban J connectivity index is 2.19. The zero-order chi connectivity index (χ0) is 19.5. The number of carbonyl (C=O) groups is 1. The van der Waals surface area contributed by atoms with E-state index in [2.05, 4.69) is 10.6 Å². The lowest BCUT2D eigenvalue weighted by Crippen LogP contribution is -2.52. The van der Waals surface area contributed by atoms with Gasteiger partial charge in [-0.2, -0.15) is 0 Å². The summed E-state index contributed by atoms with van der Waals surface area (Å²) in [5, 5.41) is 16.7. The van der Waals surface area contributed by atoms with Crippen LogP contribution in [0.1, 0.15) is 27.2 Å². The van der Waals surface area contributed by atoms with Gasteiger partial charge in [0.05, 0.1) is 16.7 Å². The summed E-state index contributed by atoms with van der Waals surface area (Å²) in [4.78, 5) is 24.4. The molecule has 0 bridgehead atoms. The molecule has 0 aromatic heterocycles. The summed E-state index contributed by atoms with van der Waals surface area (Å²) in [6.07, 6.45) is -1.61. The summed E-state index contributed by atoms with van der Waals surface area (Å²) in [5.41, 5.74) is 0.123. The van der Waals surface area contributed by atoms with Crippen LogP contribution in [0.15, 0.2) is 18.2 Å². The Kier molecular flexibility index (Phi) is 5.89. The molecule has 1 aromatic rings. The number of alkyl halides is 1. The summed E-state index contributed by atoms with van der Waals surface area (Å²) in [6.45, 7) is 5.68. The number of hydrogen-bond acceptors (Lipinski definition) is 6. The third kappa shape index (κ3) is 4.96. The summed E-state index contributed by atoms with van der Waals surface area (Å²) < 4.78 is 19.5. The second-order valence-corrected chi connectivity index (χ2v) is 7.26. The Hall–Kier alpha value is -2.58. The number of anilines is 2. The number of benzene rings is 1. The Bertz CT molecular complexity index is 677. The van der Waals surface area contributed by atoms with E-state index in [9.17, 15) is 19.3 Å². The quantitative estimate of drug-likeness (QED) is 0.626. The molecule has 0 saturated carbocycles. The van der Waals surface area contributed by atoms with Crippen LogP contribution in [0.2, 0.25) is 0 Å². The van der Waals surface area contributed by atoms with E-state index in [4.69, 9.17) is 4.74 Å². The van der Waals surface area contributed by atoms with Gasteiger partial charge >= 0.3 is 6.09 Å². The predicted octanol–water partition coefficient (Wildman–Crippen LogP) is 3.08. The van der Waals surface area contributed by atoms with Crippen molar-refractivity contribution in [2.45, 2.75) is 45.0 Å². The van der Waals surface area contributed by atoms with Gasteiger partial charge in [-0.05, 0) is 26.8 Å². The van der Waals surface area contributed by atoms with Crippen molar-refractivity contribution in [1.29, 1.82) is 0 Å². The lowest BCUT2D eigenvalue weighted by molar-refractivity contribution is -0.383. The number of piperidine rings is 1. The molecule has 1 aliphatic rings. The highest BCUT2D eigenvalue weighted by Crippen LogP contribution is 2.36. The largest absolute Gasteiger partial charge is 0.444 e. The molecule has 0 aliphatic carbocycles. The van der Waals surface area contributed by atoms with Crippen LogP contribution in [-0.4, -0.2) is 49.0 Å². The van der Waals surface area contributed by atoms with Gasteiger partial charge in [0.2, 0.25) is 0 Å². The Morgan fingerprint density at radius 1 is 1.38 bits per heavy atom. The van der Waals surface area contributed by atoms with E-state index >= 15 is 0 Å².